The summed E-state index contributed by atoms with van der Waals surface area (Å²) in [7, 11) is 1.56. The minimum absolute atomic E-state index is 0.292. The third kappa shape index (κ3) is 2.94. The van der Waals surface area contributed by atoms with E-state index in [0.717, 1.165) is 5.57 Å². The Labute approximate surface area is 129 Å². The van der Waals surface area contributed by atoms with Gasteiger partial charge in [0.15, 0.2) is 0 Å². The fourth-order valence-corrected chi connectivity index (χ4v) is 3.62. The molecule has 0 bridgehead atoms. The van der Waals surface area contributed by atoms with E-state index in [2.05, 4.69) is 0 Å². The molecule has 22 heavy (non-hydrogen) atoms. The van der Waals surface area contributed by atoms with Crippen LogP contribution in [0.3, 0.4) is 0 Å². The van der Waals surface area contributed by atoms with Crippen LogP contribution in [0.1, 0.15) is 32.1 Å². The van der Waals surface area contributed by atoms with Crippen molar-refractivity contribution in [2.24, 2.45) is 0 Å². The lowest BCUT2D eigenvalue weighted by molar-refractivity contribution is -0.0490. The van der Waals surface area contributed by atoms with Crippen molar-refractivity contribution in [1.82, 2.24) is 0 Å². The molecule has 6 heteroatoms. The summed E-state index contributed by atoms with van der Waals surface area (Å²) < 4.78 is 11.2. The Morgan fingerprint density at radius 2 is 1.86 bits per heavy atom. The van der Waals surface area contributed by atoms with Gasteiger partial charge in [0.25, 0.3) is 0 Å². The maximum atomic E-state index is 10.4. The lowest BCUT2D eigenvalue weighted by Gasteiger charge is -2.40. The smallest absolute Gasteiger partial charge is 0.145 e. The summed E-state index contributed by atoms with van der Waals surface area (Å²) in [5.41, 5.74) is 1.61. The molecule has 0 aromatic heterocycles. The molecule has 6 nitrogen and oxygen atoms in total. The second-order valence-corrected chi connectivity index (χ2v) is 6.43. The maximum absolute atomic E-state index is 10.4. The first-order chi connectivity index (χ1) is 10.5. The van der Waals surface area contributed by atoms with Gasteiger partial charge in [-0.25, -0.2) is 0 Å². The predicted octanol–water partition coefficient (Wildman–Crippen LogP) is 0.00200. The topological polar surface area (TPSA) is 99.4 Å². The second kappa shape index (κ2) is 6.29. The first-order valence-corrected chi connectivity index (χ1v) is 7.82. The third-order valence-corrected chi connectivity index (χ3v) is 4.88. The Balaban J connectivity index is 1.79. The Morgan fingerprint density at radius 1 is 1.09 bits per heavy atom. The predicted molar refractivity (Wildman–Crippen MR) is 77.9 cm³/mol. The minimum Gasteiger partial charge on any atom is -0.488 e. The normalized spacial score (nSPS) is 42.5. The standard InChI is InChI=1S/C16H24O6/c1-21-15-4-8(2-3-11(15)18)16-13(20)7-10-12(19)5-9(17)6-14(10)22-16/h2,9,11-13,15-20H,3-7H2,1H3/t9-,11-,12+,13+,15+,16?/m1/s1. The average molecular weight is 312 g/mol. The van der Waals surface area contributed by atoms with Crippen LogP contribution in [0.5, 0.6) is 0 Å². The van der Waals surface area contributed by atoms with Gasteiger partial charge in [-0.1, -0.05) is 6.08 Å². The van der Waals surface area contributed by atoms with Gasteiger partial charge in [-0.05, 0) is 17.6 Å². The summed E-state index contributed by atoms with van der Waals surface area (Å²) in [6.45, 7) is 0. The zero-order valence-electron chi connectivity index (χ0n) is 12.7. The highest BCUT2D eigenvalue weighted by Gasteiger charge is 2.40. The molecule has 0 aromatic carbocycles. The molecule has 1 unspecified atom stereocenters. The van der Waals surface area contributed by atoms with E-state index < -0.39 is 30.5 Å². The Kier molecular flexibility index (Phi) is 4.56. The average Bonchev–Trinajstić information content (AvgIpc) is 2.48. The monoisotopic (exact) mass is 312 g/mol. The lowest BCUT2D eigenvalue weighted by Crippen LogP contribution is -2.43. The number of aliphatic hydroxyl groups excluding tert-OH is 4. The van der Waals surface area contributed by atoms with Crippen molar-refractivity contribution in [2.45, 2.75) is 68.7 Å². The SMILES string of the molecule is CO[C@H]1CC(C2OC3=C(C[C@@H]2O)[C@@H](O)C[C@@H](O)C3)=CC[C@H]1O. The van der Waals surface area contributed by atoms with Crippen molar-refractivity contribution in [3.8, 4) is 0 Å². The third-order valence-electron chi connectivity index (χ3n) is 4.88. The summed E-state index contributed by atoms with van der Waals surface area (Å²) in [4.78, 5) is 0. The molecule has 6 atom stereocenters. The first-order valence-electron chi connectivity index (χ1n) is 7.82. The zero-order chi connectivity index (χ0) is 15.9. The van der Waals surface area contributed by atoms with E-state index >= 15 is 0 Å². The van der Waals surface area contributed by atoms with Gasteiger partial charge in [0.2, 0.25) is 0 Å². The number of rotatable bonds is 2. The van der Waals surface area contributed by atoms with Crippen LogP contribution in [0.4, 0.5) is 0 Å². The first kappa shape index (κ1) is 16.0. The largest absolute Gasteiger partial charge is 0.488 e. The molecule has 0 radical (unpaired) electrons. The number of hydrogen-bond acceptors (Lipinski definition) is 6. The van der Waals surface area contributed by atoms with E-state index in [0.29, 0.717) is 43.4 Å². The van der Waals surface area contributed by atoms with Crippen molar-refractivity contribution < 1.29 is 29.9 Å². The molecule has 124 valence electrons. The number of methoxy groups -OCH3 is 1. The van der Waals surface area contributed by atoms with Crippen molar-refractivity contribution in [3.05, 3.63) is 23.0 Å². The fourth-order valence-electron chi connectivity index (χ4n) is 3.62. The molecule has 0 saturated carbocycles. The summed E-state index contributed by atoms with van der Waals surface area (Å²) in [6.07, 6.45) is 0.465. The molecule has 4 N–H and O–H groups in total. The molecule has 2 aliphatic carbocycles. The minimum atomic E-state index is -0.747. The molecule has 3 rings (SSSR count). The van der Waals surface area contributed by atoms with E-state index in [-0.39, 0.29) is 6.10 Å². The van der Waals surface area contributed by atoms with E-state index in [1.165, 1.54) is 0 Å². The summed E-state index contributed by atoms with van der Waals surface area (Å²) in [5.74, 6) is 0.600. The number of hydrogen-bond donors (Lipinski definition) is 4. The van der Waals surface area contributed by atoms with Crippen molar-refractivity contribution in [1.29, 1.82) is 0 Å². The maximum Gasteiger partial charge on any atom is 0.145 e. The van der Waals surface area contributed by atoms with Gasteiger partial charge in [0.1, 0.15) is 11.9 Å². The molecule has 3 aliphatic rings. The van der Waals surface area contributed by atoms with Crippen molar-refractivity contribution in [2.75, 3.05) is 7.11 Å². The Morgan fingerprint density at radius 3 is 2.59 bits per heavy atom. The van der Waals surface area contributed by atoms with Crippen LogP contribution < -0.4 is 0 Å². The van der Waals surface area contributed by atoms with Gasteiger partial charge >= 0.3 is 0 Å². The number of ether oxygens (including phenoxy) is 2. The van der Waals surface area contributed by atoms with Gasteiger partial charge in [0.05, 0.1) is 30.5 Å². The highest BCUT2D eigenvalue weighted by atomic mass is 16.5. The molecule has 1 heterocycles. The highest BCUT2D eigenvalue weighted by molar-refractivity contribution is 5.27. The van der Waals surface area contributed by atoms with Gasteiger partial charge in [-0.3, -0.25) is 0 Å². The lowest BCUT2D eigenvalue weighted by atomic mass is 9.82. The van der Waals surface area contributed by atoms with Gasteiger partial charge in [0, 0.05) is 32.8 Å². The van der Waals surface area contributed by atoms with Gasteiger partial charge in [-0.15, -0.1) is 0 Å². The van der Waals surface area contributed by atoms with Crippen molar-refractivity contribution >= 4 is 0 Å². The molecular weight excluding hydrogens is 288 g/mol. The summed E-state index contributed by atoms with van der Waals surface area (Å²) in [5, 5.41) is 40.1. The van der Waals surface area contributed by atoms with Crippen LogP contribution in [0, 0.1) is 0 Å². The van der Waals surface area contributed by atoms with E-state index in [4.69, 9.17) is 9.47 Å². The van der Waals surface area contributed by atoms with Crippen molar-refractivity contribution in [3.63, 3.8) is 0 Å². The van der Waals surface area contributed by atoms with Crippen LogP contribution in [0.25, 0.3) is 0 Å². The molecule has 0 saturated heterocycles. The Hall–Kier alpha value is -0.920. The van der Waals surface area contributed by atoms with Crippen LogP contribution in [0.15, 0.2) is 23.0 Å². The molecular formula is C16H24O6. The molecule has 0 aromatic rings. The van der Waals surface area contributed by atoms with Crippen LogP contribution in [-0.2, 0) is 9.47 Å². The summed E-state index contributed by atoms with van der Waals surface area (Å²) >= 11 is 0. The van der Waals surface area contributed by atoms with Gasteiger partial charge in [-0.2, -0.15) is 0 Å². The molecule has 0 fully saturated rings. The van der Waals surface area contributed by atoms with E-state index in [1.54, 1.807) is 7.11 Å². The fraction of sp³-hybridized carbons (Fsp3) is 0.750. The van der Waals surface area contributed by atoms with Gasteiger partial charge < -0.3 is 29.9 Å². The molecule has 0 amide bonds. The Bertz CT molecular complexity index is 485. The highest BCUT2D eigenvalue weighted by Crippen LogP contribution is 2.39. The summed E-state index contributed by atoms with van der Waals surface area (Å²) in [6, 6.07) is 0. The van der Waals surface area contributed by atoms with Crippen LogP contribution in [0.2, 0.25) is 0 Å². The molecule has 1 aliphatic heterocycles. The zero-order valence-corrected chi connectivity index (χ0v) is 12.7. The van der Waals surface area contributed by atoms with E-state index in [1.807, 2.05) is 6.08 Å². The van der Waals surface area contributed by atoms with Crippen LogP contribution >= 0.6 is 0 Å². The van der Waals surface area contributed by atoms with Crippen LogP contribution in [-0.4, -0.2) is 64.2 Å². The quantitative estimate of drug-likeness (QED) is 0.536. The number of aliphatic hydroxyl groups is 4. The molecule has 0 spiro atoms. The van der Waals surface area contributed by atoms with E-state index in [9.17, 15) is 20.4 Å². The second-order valence-electron chi connectivity index (χ2n) is 6.43.